The molecule has 1 atom stereocenters. The lowest BCUT2D eigenvalue weighted by atomic mass is 10.2. The van der Waals surface area contributed by atoms with Crippen LogP contribution in [0.1, 0.15) is 12.5 Å². The fourth-order valence-corrected chi connectivity index (χ4v) is 2.23. The standard InChI is InChI=1S/C18H24N2O3/c1-15(2)18(21)23-17(11-20-10-9-19(3)14-20)13-22-12-16-7-5-4-6-8-16/h4-10,17H,1,11-14H2,2-3H3. The average Bonchev–Trinajstić information content (AvgIpc) is 2.93. The Morgan fingerprint density at radius 3 is 2.65 bits per heavy atom. The van der Waals surface area contributed by atoms with Crippen LogP contribution >= 0.6 is 0 Å². The summed E-state index contributed by atoms with van der Waals surface area (Å²) in [6.07, 6.45) is 3.64. The van der Waals surface area contributed by atoms with E-state index in [0.29, 0.717) is 25.3 Å². The molecule has 1 aromatic rings. The van der Waals surface area contributed by atoms with Crippen molar-refractivity contribution in [3.63, 3.8) is 0 Å². The summed E-state index contributed by atoms with van der Waals surface area (Å²) in [4.78, 5) is 15.9. The summed E-state index contributed by atoms with van der Waals surface area (Å²) >= 11 is 0. The molecule has 0 aromatic heterocycles. The second kappa shape index (κ2) is 8.39. The molecule has 1 aliphatic rings. The average molecular weight is 316 g/mol. The van der Waals surface area contributed by atoms with Crippen LogP contribution in [0.3, 0.4) is 0 Å². The number of carbonyl (C=O) groups is 1. The fourth-order valence-electron chi connectivity index (χ4n) is 2.23. The van der Waals surface area contributed by atoms with Gasteiger partial charge in [-0.25, -0.2) is 4.79 Å². The lowest BCUT2D eigenvalue weighted by molar-refractivity contribution is -0.148. The Hall–Kier alpha value is -2.27. The molecule has 1 unspecified atom stereocenters. The van der Waals surface area contributed by atoms with E-state index in [2.05, 4.69) is 16.4 Å². The van der Waals surface area contributed by atoms with E-state index < -0.39 is 0 Å². The number of carbonyl (C=O) groups excluding carboxylic acids is 1. The van der Waals surface area contributed by atoms with Gasteiger partial charge in [0, 0.05) is 25.0 Å². The first-order valence-electron chi connectivity index (χ1n) is 7.65. The maximum Gasteiger partial charge on any atom is 0.333 e. The number of benzene rings is 1. The second-order valence-electron chi connectivity index (χ2n) is 5.78. The van der Waals surface area contributed by atoms with E-state index in [9.17, 15) is 4.79 Å². The Morgan fingerprint density at radius 2 is 2.04 bits per heavy atom. The van der Waals surface area contributed by atoms with Gasteiger partial charge in [0.25, 0.3) is 0 Å². The molecule has 0 saturated heterocycles. The van der Waals surface area contributed by atoms with Crippen molar-refractivity contribution in [2.24, 2.45) is 0 Å². The fraction of sp³-hybridized carbons (Fsp3) is 0.389. The van der Waals surface area contributed by atoms with E-state index in [0.717, 1.165) is 12.2 Å². The van der Waals surface area contributed by atoms with Gasteiger partial charge in [-0.2, -0.15) is 0 Å². The van der Waals surface area contributed by atoms with Crippen molar-refractivity contribution in [3.8, 4) is 0 Å². The van der Waals surface area contributed by atoms with Crippen molar-refractivity contribution in [2.45, 2.75) is 19.6 Å². The van der Waals surface area contributed by atoms with Crippen LogP contribution in [0.4, 0.5) is 0 Å². The van der Waals surface area contributed by atoms with E-state index in [4.69, 9.17) is 9.47 Å². The molecule has 1 aromatic carbocycles. The summed E-state index contributed by atoms with van der Waals surface area (Å²) in [7, 11) is 2.00. The first-order valence-corrected chi connectivity index (χ1v) is 7.65. The molecule has 0 N–H and O–H groups in total. The molecule has 0 aliphatic carbocycles. The summed E-state index contributed by atoms with van der Waals surface area (Å²) in [6.45, 7) is 7.49. The second-order valence-corrected chi connectivity index (χ2v) is 5.78. The molecule has 0 fully saturated rings. The molecule has 1 aliphatic heterocycles. The van der Waals surface area contributed by atoms with E-state index in [-0.39, 0.29) is 12.1 Å². The minimum absolute atomic E-state index is 0.334. The van der Waals surface area contributed by atoms with Gasteiger partial charge in [0.05, 0.1) is 26.4 Å². The number of rotatable bonds is 8. The van der Waals surface area contributed by atoms with Crippen LogP contribution in [0, 0.1) is 0 Å². The zero-order valence-electron chi connectivity index (χ0n) is 13.8. The van der Waals surface area contributed by atoms with E-state index in [1.165, 1.54) is 0 Å². The predicted molar refractivity (Wildman–Crippen MR) is 89.3 cm³/mol. The summed E-state index contributed by atoms with van der Waals surface area (Å²) in [5.74, 6) is -0.380. The van der Waals surface area contributed by atoms with Gasteiger partial charge in [0.15, 0.2) is 0 Å². The third-order valence-electron chi connectivity index (χ3n) is 3.41. The molecule has 124 valence electrons. The van der Waals surface area contributed by atoms with Crippen LogP contribution in [0.15, 0.2) is 54.9 Å². The Kier molecular flexibility index (Phi) is 6.23. The molecule has 5 nitrogen and oxygen atoms in total. The van der Waals surface area contributed by atoms with E-state index in [1.807, 2.05) is 49.8 Å². The highest BCUT2D eigenvalue weighted by Crippen LogP contribution is 2.09. The molecule has 2 rings (SSSR count). The molecule has 1 heterocycles. The van der Waals surface area contributed by atoms with Crippen LogP contribution in [-0.4, -0.2) is 48.7 Å². The zero-order chi connectivity index (χ0) is 16.7. The third kappa shape index (κ3) is 5.79. The molecule has 0 saturated carbocycles. The summed E-state index contributed by atoms with van der Waals surface area (Å²) in [6, 6.07) is 9.93. The van der Waals surface area contributed by atoms with E-state index in [1.54, 1.807) is 6.92 Å². The number of ether oxygens (including phenoxy) is 2. The van der Waals surface area contributed by atoms with Crippen LogP contribution in [0.2, 0.25) is 0 Å². The largest absolute Gasteiger partial charge is 0.455 e. The van der Waals surface area contributed by atoms with Gasteiger partial charge in [-0.3, -0.25) is 0 Å². The highest BCUT2D eigenvalue weighted by atomic mass is 16.6. The SMILES string of the molecule is C=C(C)C(=O)OC(COCc1ccccc1)CN1C=CN(C)C1. The van der Waals surface area contributed by atoms with Gasteiger partial charge in [-0.1, -0.05) is 36.9 Å². The van der Waals surface area contributed by atoms with Gasteiger partial charge in [0.1, 0.15) is 6.10 Å². The highest BCUT2D eigenvalue weighted by molar-refractivity contribution is 5.87. The minimum atomic E-state index is -0.380. The summed E-state index contributed by atoms with van der Waals surface area (Å²) in [5.41, 5.74) is 1.49. The molecule has 0 spiro atoms. The number of hydrogen-bond acceptors (Lipinski definition) is 5. The lowest BCUT2D eigenvalue weighted by Gasteiger charge is -2.25. The first-order chi connectivity index (χ1) is 11.0. The Labute approximate surface area is 137 Å². The first kappa shape index (κ1) is 17.1. The topological polar surface area (TPSA) is 42.0 Å². The van der Waals surface area contributed by atoms with Gasteiger partial charge < -0.3 is 19.3 Å². The Balaban J connectivity index is 1.86. The van der Waals surface area contributed by atoms with Crippen molar-refractivity contribution >= 4 is 5.97 Å². The van der Waals surface area contributed by atoms with Crippen LogP contribution in [0.5, 0.6) is 0 Å². The van der Waals surface area contributed by atoms with Gasteiger partial charge in [-0.15, -0.1) is 0 Å². The van der Waals surface area contributed by atoms with Gasteiger partial charge in [0.2, 0.25) is 0 Å². The van der Waals surface area contributed by atoms with Crippen molar-refractivity contribution in [1.29, 1.82) is 0 Å². The number of hydrogen-bond donors (Lipinski definition) is 0. The third-order valence-corrected chi connectivity index (χ3v) is 3.41. The van der Waals surface area contributed by atoms with Crippen molar-refractivity contribution in [1.82, 2.24) is 9.80 Å². The monoisotopic (exact) mass is 316 g/mol. The maximum absolute atomic E-state index is 11.8. The molecule has 0 bridgehead atoms. The normalized spacial score (nSPS) is 14.9. The summed E-state index contributed by atoms with van der Waals surface area (Å²) in [5, 5.41) is 0. The Morgan fingerprint density at radius 1 is 1.30 bits per heavy atom. The van der Waals surface area contributed by atoms with Crippen LogP contribution in [-0.2, 0) is 20.9 Å². The molecule has 0 amide bonds. The summed E-state index contributed by atoms with van der Waals surface area (Å²) < 4.78 is 11.2. The smallest absolute Gasteiger partial charge is 0.333 e. The Bertz CT molecular complexity index is 557. The number of esters is 1. The minimum Gasteiger partial charge on any atom is -0.455 e. The quantitative estimate of drug-likeness (QED) is 0.544. The van der Waals surface area contributed by atoms with Gasteiger partial charge >= 0.3 is 5.97 Å². The van der Waals surface area contributed by atoms with Crippen LogP contribution in [0.25, 0.3) is 0 Å². The van der Waals surface area contributed by atoms with Crippen molar-refractivity contribution in [2.75, 3.05) is 26.9 Å². The van der Waals surface area contributed by atoms with E-state index >= 15 is 0 Å². The van der Waals surface area contributed by atoms with Gasteiger partial charge in [-0.05, 0) is 12.5 Å². The maximum atomic E-state index is 11.8. The molecule has 23 heavy (non-hydrogen) atoms. The molecule has 0 radical (unpaired) electrons. The van der Waals surface area contributed by atoms with Crippen molar-refractivity contribution < 1.29 is 14.3 Å². The van der Waals surface area contributed by atoms with Crippen molar-refractivity contribution in [3.05, 3.63) is 60.4 Å². The highest BCUT2D eigenvalue weighted by Gasteiger charge is 2.20. The number of nitrogens with zero attached hydrogens (tertiary/aromatic N) is 2. The predicted octanol–water partition coefficient (Wildman–Crippen LogP) is 2.37. The molecular formula is C18H24N2O3. The lowest BCUT2D eigenvalue weighted by Crippen LogP contribution is -2.36. The van der Waals surface area contributed by atoms with Crippen LogP contribution < -0.4 is 0 Å². The molecular weight excluding hydrogens is 292 g/mol. The molecule has 5 heteroatoms. The zero-order valence-corrected chi connectivity index (χ0v) is 13.8.